The van der Waals surface area contributed by atoms with Crippen LogP contribution in [0.15, 0.2) is 29.1 Å². The van der Waals surface area contributed by atoms with Crippen molar-refractivity contribution < 1.29 is 9.53 Å². The van der Waals surface area contributed by atoms with Crippen molar-refractivity contribution in [1.82, 2.24) is 9.47 Å². The molecule has 0 atom stereocenters. The van der Waals surface area contributed by atoms with Crippen molar-refractivity contribution >= 4 is 16.7 Å². The molecular formula is C16H18N2O3. The first kappa shape index (κ1) is 13.8. The molecule has 1 aliphatic heterocycles. The molecular weight excluding hydrogens is 268 g/mol. The molecule has 0 unspecified atom stereocenters. The number of carbonyl (C=O) groups excluding carboxylic acids is 1. The Labute approximate surface area is 122 Å². The molecule has 0 bridgehead atoms. The fourth-order valence-electron chi connectivity index (χ4n) is 2.65. The Balaban J connectivity index is 2.10. The number of fused-ring (bicyclic) bond motifs is 1. The van der Waals surface area contributed by atoms with Crippen molar-refractivity contribution in [3.05, 3.63) is 45.9 Å². The third kappa shape index (κ3) is 2.45. The first-order valence-corrected chi connectivity index (χ1v) is 7.05. The van der Waals surface area contributed by atoms with E-state index in [1.54, 1.807) is 18.0 Å². The summed E-state index contributed by atoms with van der Waals surface area (Å²) < 4.78 is 6.70. The summed E-state index contributed by atoms with van der Waals surface area (Å²) in [6, 6.07) is 7.50. The van der Waals surface area contributed by atoms with Gasteiger partial charge < -0.3 is 14.2 Å². The number of amides is 1. The Morgan fingerprint density at radius 2 is 1.90 bits per heavy atom. The van der Waals surface area contributed by atoms with Gasteiger partial charge in [0.1, 0.15) is 5.69 Å². The van der Waals surface area contributed by atoms with E-state index >= 15 is 0 Å². The predicted octanol–water partition coefficient (Wildman–Crippen LogP) is 1.32. The highest BCUT2D eigenvalue weighted by molar-refractivity contribution is 5.96. The van der Waals surface area contributed by atoms with E-state index < -0.39 is 0 Å². The molecule has 1 fully saturated rings. The fourth-order valence-corrected chi connectivity index (χ4v) is 2.65. The Bertz CT molecular complexity index is 758. The van der Waals surface area contributed by atoms with E-state index in [1.165, 1.54) is 4.57 Å². The van der Waals surface area contributed by atoms with Gasteiger partial charge in [0.25, 0.3) is 11.5 Å². The second-order valence-electron chi connectivity index (χ2n) is 5.39. The Hall–Kier alpha value is -2.14. The van der Waals surface area contributed by atoms with E-state index in [2.05, 4.69) is 0 Å². The van der Waals surface area contributed by atoms with Gasteiger partial charge in [0.2, 0.25) is 0 Å². The SMILES string of the molecule is Cc1ccc2cc(C(=O)N3CCOCC3)n(C)c(=O)c2c1. The highest BCUT2D eigenvalue weighted by Gasteiger charge is 2.21. The standard InChI is InChI=1S/C16H18N2O3/c1-11-3-4-12-10-14(17(2)15(19)13(12)9-11)16(20)18-5-7-21-8-6-18/h3-4,9-10H,5-8H2,1-2H3. The van der Waals surface area contributed by atoms with Gasteiger partial charge in [-0.2, -0.15) is 0 Å². The van der Waals surface area contributed by atoms with Gasteiger partial charge in [-0.1, -0.05) is 17.7 Å². The molecule has 1 saturated heterocycles. The van der Waals surface area contributed by atoms with Crippen LogP contribution in [-0.4, -0.2) is 41.7 Å². The van der Waals surface area contributed by atoms with Crippen LogP contribution >= 0.6 is 0 Å². The molecule has 1 amide bonds. The molecule has 110 valence electrons. The van der Waals surface area contributed by atoms with Gasteiger partial charge in [0.05, 0.1) is 13.2 Å². The fraction of sp³-hybridized carbons (Fsp3) is 0.375. The number of rotatable bonds is 1. The zero-order chi connectivity index (χ0) is 15.0. The summed E-state index contributed by atoms with van der Waals surface area (Å²) in [5.41, 5.74) is 1.33. The smallest absolute Gasteiger partial charge is 0.270 e. The quantitative estimate of drug-likeness (QED) is 0.794. The summed E-state index contributed by atoms with van der Waals surface area (Å²) in [6.45, 7) is 4.18. The minimum atomic E-state index is -0.132. The third-order valence-electron chi connectivity index (χ3n) is 3.91. The minimum Gasteiger partial charge on any atom is -0.378 e. The van der Waals surface area contributed by atoms with E-state index in [-0.39, 0.29) is 11.5 Å². The number of benzene rings is 1. The van der Waals surface area contributed by atoms with Gasteiger partial charge >= 0.3 is 0 Å². The molecule has 21 heavy (non-hydrogen) atoms. The number of hydrogen-bond acceptors (Lipinski definition) is 3. The average molecular weight is 286 g/mol. The molecule has 0 saturated carbocycles. The Kier molecular flexibility index (Phi) is 3.51. The summed E-state index contributed by atoms with van der Waals surface area (Å²) in [5.74, 6) is -0.111. The summed E-state index contributed by atoms with van der Waals surface area (Å²) in [4.78, 5) is 26.8. The third-order valence-corrected chi connectivity index (χ3v) is 3.91. The number of nitrogens with zero attached hydrogens (tertiary/aromatic N) is 2. The van der Waals surface area contributed by atoms with Gasteiger partial charge in [0.15, 0.2) is 0 Å². The van der Waals surface area contributed by atoms with Crippen LogP contribution in [0.4, 0.5) is 0 Å². The van der Waals surface area contributed by atoms with E-state index in [0.717, 1.165) is 10.9 Å². The lowest BCUT2D eigenvalue weighted by Crippen LogP contribution is -2.42. The van der Waals surface area contributed by atoms with E-state index in [0.29, 0.717) is 37.4 Å². The van der Waals surface area contributed by atoms with E-state index in [9.17, 15) is 9.59 Å². The van der Waals surface area contributed by atoms with Crippen molar-refractivity contribution in [3.8, 4) is 0 Å². The lowest BCUT2D eigenvalue weighted by Gasteiger charge is -2.27. The first-order valence-electron chi connectivity index (χ1n) is 7.05. The average Bonchev–Trinajstić information content (AvgIpc) is 2.51. The van der Waals surface area contributed by atoms with Crippen molar-refractivity contribution in [2.24, 2.45) is 7.05 Å². The normalized spacial score (nSPS) is 15.4. The summed E-state index contributed by atoms with van der Waals surface area (Å²) in [7, 11) is 1.65. The topological polar surface area (TPSA) is 51.5 Å². The van der Waals surface area contributed by atoms with Gasteiger partial charge in [-0.25, -0.2) is 0 Å². The van der Waals surface area contributed by atoms with Gasteiger partial charge in [0, 0.05) is 25.5 Å². The maximum absolute atomic E-state index is 12.6. The molecule has 2 heterocycles. The molecule has 1 aliphatic rings. The number of pyridine rings is 1. The lowest BCUT2D eigenvalue weighted by molar-refractivity contribution is 0.0296. The van der Waals surface area contributed by atoms with Gasteiger partial charge in [-0.15, -0.1) is 0 Å². The summed E-state index contributed by atoms with van der Waals surface area (Å²) >= 11 is 0. The van der Waals surface area contributed by atoms with Crippen molar-refractivity contribution in [1.29, 1.82) is 0 Å². The lowest BCUT2D eigenvalue weighted by atomic mass is 10.1. The number of morpholine rings is 1. The number of carbonyl (C=O) groups is 1. The van der Waals surface area contributed by atoms with Gasteiger partial charge in [-0.3, -0.25) is 9.59 Å². The maximum Gasteiger partial charge on any atom is 0.270 e. The zero-order valence-electron chi connectivity index (χ0n) is 12.3. The van der Waals surface area contributed by atoms with Crippen LogP contribution in [0, 0.1) is 6.92 Å². The molecule has 0 N–H and O–H groups in total. The molecule has 0 spiro atoms. The van der Waals surface area contributed by atoms with Crippen molar-refractivity contribution in [2.75, 3.05) is 26.3 Å². The molecule has 5 heteroatoms. The molecule has 3 rings (SSSR count). The molecule has 0 radical (unpaired) electrons. The Morgan fingerprint density at radius 1 is 1.19 bits per heavy atom. The largest absolute Gasteiger partial charge is 0.378 e. The van der Waals surface area contributed by atoms with Crippen LogP contribution in [0.2, 0.25) is 0 Å². The molecule has 0 aliphatic carbocycles. The zero-order valence-corrected chi connectivity index (χ0v) is 12.3. The van der Waals surface area contributed by atoms with Crippen LogP contribution in [0.5, 0.6) is 0 Å². The Morgan fingerprint density at radius 3 is 2.62 bits per heavy atom. The van der Waals surface area contributed by atoms with Gasteiger partial charge in [-0.05, 0) is 24.4 Å². The maximum atomic E-state index is 12.6. The van der Waals surface area contributed by atoms with Crippen molar-refractivity contribution in [3.63, 3.8) is 0 Å². The number of ether oxygens (including phenoxy) is 1. The molecule has 5 nitrogen and oxygen atoms in total. The van der Waals surface area contributed by atoms with E-state index in [1.807, 2.05) is 25.1 Å². The van der Waals surface area contributed by atoms with Crippen LogP contribution < -0.4 is 5.56 Å². The summed E-state index contributed by atoms with van der Waals surface area (Å²) in [6.07, 6.45) is 0. The number of aryl methyl sites for hydroxylation is 1. The number of hydrogen-bond donors (Lipinski definition) is 0. The summed E-state index contributed by atoms with van der Waals surface area (Å²) in [5, 5.41) is 1.45. The molecule has 1 aromatic heterocycles. The van der Waals surface area contributed by atoms with Crippen LogP contribution in [0.25, 0.3) is 10.8 Å². The predicted molar refractivity (Wildman–Crippen MR) is 80.6 cm³/mol. The second-order valence-corrected chi connectivity index (χ2v) is 5.39. The van der Waals surface area contributed by atoms with E-state index in [4.69, 9.17) is 4.74 Å². The van der Waals surface area contributed by atoms with Crippen molar-refractivity contribution in [2.45, 2.75) is 6.92 Å². The first-order chi connectivity index (χ1) is 10.1. The van der Waals surface area contributed by atoms with Crippen LogP contribution in [0.3, 0.4) is 0 Å². The monoisotopic (exact) mass is 286 g/mol. The van der Waals surface area contributed by atoms with Crippen LogP contribution in [-0.2, 0) is 11.8 Å². The van der Waals surface area contributed by atoms with Crippen LogP contribution in [0.1, 0.15) is 16.1 Å². The second kappa shape index (κ2) is 5.33. The number of aromatic nitrogens is 1. The highest BCUT2D eigenvalue weighted by atomic mass is 16.5. The molecule has 2 aromatic rings. The molecule has 1 aromatic carbocycles. The minimum absolute atomic E-state index is 0.111. The highest BCUT2D eigenvalue weighted by Crippen LogP contribution is 2.15.